The van der Waals surface area contributed by atoms with E-state index in [0.29, 0.717) is 11.7 Å². The van der Waals surface area contributed by atoms with E-state index in [0.717, 1.165) is 17.9 Å². The number of amides is 1. The van der Waals surface area contributed by atoms with E-state index >= 15 is 0 Å². The Labute approximate surface area is 152 Å². The van der Waals surface area contributed by atoms with E-state index in [2.05, 4.69) is 22.4 Å². The summed E-state index contributed by atoms with van der Waals surface area (Å²) in [7, 11) is 1.49. The van der Waals surface area contributed by atoms with Crippen molar-refractivity contribution in [2.24, 2.45) is 11.8 Å². The molecule has 0 spiro atoms. The molecule has 1 heterocycles. The molecule has 5 rings (SSSR count). The van der Waals surface area contributed by atoms with Gasteiger partial charge in [0.1, 0.15) is 5.75 Å². The lowest BCUT2D eigenvalue weighted by Gasteiger charge is -2.42. The molecule has 5 heteroatoms. The fourth-order valence-corrected chi connectivity index (χ4v) is 4.45. The number of carbonyl (C=O) groups excluding carboxylic acids is 1. The molecule has 1 aromatic heterocycles. The van der Waals surface area contributed by atoms with Gasteiger partial charge in [-0.3, -0.25) is 4.79 Å². The number of nitrogens with one attached hydrogen (secondary N) is 1. The molecule has 1 unspecified atom stereocenters. The number of fused-ring (bicyclic) bond motifs is 3. The minimum atomic E-state index is -0.653. The van der Waals surface area contributed by atoms with Gasteiger partial charge in [0.05, 0.1) is 5.56 Å². The van der Waals surface area contributed by atoms with Crippen molar-refractivity contribution >= 4 is 5.91 Å². The number of ether oxygens (including phenoxy) is 1. The maximum atomic E-state index is 14.1. The summed E-state index contributed by atoms with van der Waals surface area (Å²) >= 11 is 0. The Bertz CT molecular complexity index is 798. The molecule has 0 radical (unpaired) electrons. The molecule has 0 saturated heterocycles. The Kier molecular flexibility index (Phi) is 4.62. The molecular weight excluding hydrogens is 331 g/mol. The van der Waals surface area contributed by atoms with Gasteiger partial charge in [-0.25, -0.2) is 9.37 Å². The van der Waals surface area contributed by atoms with Gasteiger partial charge in [0.25, 0.3) is 11.8 Å². The van der Waals surface area contributed by atoms with Crippen molar-refractivity contribution in [1.29, 1.82) is 0 Å². The molecule has 1 atom stereocenters. The molecular formula is C21H23FN2O2. The van der Waals surface area contributed by atoms with Gasteiger partial charge in [-0.15, -0.1) is 0 Å². The van der Waals surface area contributed by atoms with Crippen molar-refractivity contribution in [1.82, 2.24) is 10.3 Å². The minimum Gasteiger partial charge on any atom is -0.436 e. The number of nitrogens with zero attached hydrogens (tertiary/aromatic N) is 1. The van der Waals surface area contributed by atoms with Crippen LogP contribution < -0.4 is 10.1 Å². The van der Waals surface area contributed by atoms with Crippen molar-refractivity contribution in [3.63, 3.8) is 0 Å². The first-order valence-electron chi connectivity index (χ1n) is 9.29. The maximum absolute atomic E-state index is 14.1. The summed E-state index contributed by atoms with van der Waals surface area (Å²) in [5.74, 6) is 1.74. The van der Waals surface area contributed by atoms with Crippen LogP contribution >= 0.6 is 0 Å². The van der Waals surface area contributed by atoms with Crippen LogP contribution in [0, 0.1) is 17.7 Å². The van der Waals surface area contributed by atoms with Crippen LogP contribution in [0.25, 0.3) is 0 Å². The molecule has 3 fully saturated rings. The van der Waals surface area contributed by atoms with Gasteiger partial charge in [-0.1, -0.05) is 25.0 Å². The van der Waals surface area contributed by atoms with Crippen LogP contribution in [0.15, 0.2) is 36.5 Å². The smallest absolute Gasteiger partial charge is 0.255 e. The normalized spacial score (nSPS) is 24.3. The number of aromatic nitrogens is 1. The fourth-order valence-electron chi connectivity index (χ4n) is 4.45. The molecule has 4 nitrogen and oxygen atoms in total. The van der Waals surface area contributed by atoms with E-state index in [1.807, 2.05) is 12.1 Å². The van der Waals surface area contributed by atoms with E-state index in [9.17, 15) is 9.18 Å². The predicted octanol–water partition coefficient (Wildman–Crippen LogP) is 4.67. The van der Waals surface area contributed by atoms with Gasteiger partial charge in [0.2, 0.25) is 0 Å². The second-order valence-corrected chi connectivity index (χ2v) is 7.38. The second kappa shape index (κ2) is 7.06. The third-order valence-corrected chi connectivity index (χ3v) is 5.87. The van der Waals surface area contributed by atoms with Crippen LogP contribution in [0.3, 0.4) is 0 Å². The van der Waals surface area contributed by atoms with Crippen molar-refractivity contribution in [3.8, 4) is 11.6 Å². The van der Waals surface area contributed by atoms with E-state index in [1.54, 1.807) is 0 Å². The number of pyridine rings is 1. The Morgan fingerprint density at radius 2 is 1.92 bits per heavy atom. The van der Waals surface area contributed by atoms with Gasteiger partial charge in [-0.05, 0) is 60.8 Å². The third kappa shape index (κ3) is 3.30. The lowest BCUT2D eigenvalue weighted by Crippen LogP contribution is -2.29. The molecule has 3 saturated carbocycles. The highest BCUT2D eigenvalue weighted by atomic mass is 19.1. The molecule has 26 heavy (non-hydrogen) atoms. The van der Waals surface area contributed by atoms with Gasteiger partial charge >= 0.3 is 0 Å². The zero-order chi connectivity index (χ0) is 18.1. The number of hydrogen-bond acceptors (Lipinski definition) is 3. The topological polar surface area (TPSA) is 51.2 Å². The number of rotatable bonds is 4. The summed E-state index contributed by atoms with van der Waals surface area (Å²) in [5, 5.41) is 2.44. The average Bonchev–Trinajstić information content (AvgIpc) is 2.70. The molecule has 0 aliphatic heterocycles. The number of hydrogen-bond donors (Lipinski definition) is 1. The van der Waals surface area contributed by atoms with Gasteiger partial charge in [-0.2, -0.15) is 0 Å². The van der Waals surface area contributed by atoms with Crippen molar-refractivity contribution < 1.29 is 13.9 Å². The monoisotopic (exact) mass is 354 g/mol. The summed E-state index contributed by atoms with van der Waals surface area (Å²) in [4.78, 5) is 15.4. The molecule has 3 aliphatic rings. The van der Waals surface area contributed by atoms with Crippen molar-refractivity contribution in [3.05, 3.63) is 53.5 Å². The van der Waals surface area contributed by atoms with Crippen LogP contribution in [-0.2, 0) is 0 Å². The van der Waals surface area contributed by atoms with E-state index in [-0.39, 0.29) is 17.4 Å². The Balaban J connectivity index is 1.47. The first kappa shape index (κ1) is 17.0. The van der Waals surface area contributed by atoms with Crippen LogP contribution in [0.1, 0.15) is 53.9 Å². The standard InChI is InChI=1S/C21H23FN2O2/c1-23-20(25)16-11-19(22)21(24-12-16)26-17-8-6-15(7-9-17)18-10-13-2-4-14(18)5-3-13/h6-9,11-14,18H,2-5,10H2,1H3,(H,23,25). The minimum absolute atomic E-state index is 0.123. The highest BCUT2D eigenvalue weighted by Crippen LogP contribution is 2.49. The summed E-state index contributed by atoms with van der Waals surface area (Å²) in [5.41, 5.74) is 1.52. The Morgan fingerprint density at radius 3 is 2.50 bits per heavy atom. The zero-order valence-corrected chi connectivity index (χ0v) is 14.9. The Hall–Kier alpha value is -2.43. The van der Waals surface area contributed by atoms with Crippen LogP contribution in [0.5, 0.6) is 11.6 Å². The predicted molar refractivity (Wildman–Crippen MR) is 96.9 cm³/mol. The molecule has 1 amide bonds. The summed E-state index contributed by atoms with van der Waals surface area (Å²) < 4.78 is 19.7. The quantitative estimate of drug-likeness (QED) is 0.868. The molecule has 2 bridgehead atoms. The second-order valence-electron chi connectivity index (χ2n) is 7.38. The fraction of sp³-hybridized carbons (Fsp3) is 0.429. The van der Waals surface area contributed by atoms with Gasteiger partial charge in [0.15, 0.2) is 5.82 Å². The van der Waals surface area contributed by atoms with Gasteiger partial charge < -0.3 is 10.1 Å². The van der Waals surface area contributed by atoms with Crippen molar-refractivity contribution in [2.75, 3.05) is 7.05 Å². The highest BCUT2D eigenvalue weighted by molar-refractivity contribution is 5.93. The number of carbonyl (C=O) groups is 1. The van der Waals surface area contributed by atoms with Crippen molar-refractivity contribution in [2.45, 2.75) is 38.0 Å². The average molecular weight is 354 g/mol. The van der Waals surface area contributed by atoms with Crippen LogP contribution in [0.4, 0.5) is 4.39 Å². The molecule has 1 N–H and O–H groups in total. The SMILES string of the molecule is CNC(=O)c1cnc(Oc2ccc(C3CC4CCC3CC4)cc2)c(F)c1. The summed E-state index contributed by atoms with van der Waals surface area (Å²) in [6.45, 7) is 0. The van der Waals surface area contributed by atoms with E-state index in [4.69, 9.17) is 4.74 Å². The summed E-state index contributed by atoms with van der Waals surface area (Å²) in [6, 6.07) is 9.08. The lowest BCUT2D eigenvalue weighted by molar-refractivity contribution is 0.0962. The van der Waals surface area contributed by atoms with E-state index in [1.165, 1.54) is 50.9 Å². The number of halogens is 1. The van der Waals surface area contributed by atoms with E-state index < -0.39 is 5.82 Å². The first-order valence-corrected chi connectivity index (χ1v) is 9.29. The van der Waals surface area contributed by atoms with Crippen LogP contribution in [-0.4, -0.2) is 17.9 Å². The van der Waals surface area contributed by atoms with Crippen LogP contribution in [0.2, 0.25) is 0 Å². The van der Waals surface area contributed by atoms with Gasteiger partial charge in [0, 0.05) is 13.2 Å². The number of benzene rings is 1. The molecule has 1 aromatic carbocycles. The lowest BCUT2D eigenvalue weighted by atomic mass is 9.63. The Morgan fingerprint density at radius 1 is 1.19 bits per heavy atom. The third-order valence-electron chi connectivity index (χ3n) is 5.87. The molecule has 2 aromatic rings. The summed E-state index contributed by atoms with van der Waals surface area (Å²) in [6.07, 6.45) is 8.08. The zero-order valence-electron chi connectivity index (χ0n) is 14.9. The highest BCUT2D eigenvalue weighted by Gasteiger charge is 2.36. The maximum Gasteiger partial charge on any atom is 0.255 e. The molecule has 136 valence electrons. The first-order chi connectivity index (χ1) is 12.6. The largest absolute Gasteiger partial charge is 0.436 e. The molecule has 3 aliphatic carbocycles.